The predicted octanol–water partition coefficient (Wildman–Crippen LogP) is 3.39. The van der Waals surface area contributed by atoms with E-state index in [9.17, 15) is 0 Å². The van der Waals surface area contributed by atoms with Crippen LogP contribution in [0.5, 0.6) is 0 Å². The quantitative estimate of drug-likeness (QED) is 0.897. The van der Waals surface area contributed by atoms with Gasteiger partial charge >= 0.3 is 0 Å². The average molecular weight is 264 g/mol. The molecule has 0 unspecified atom stereocenters. The molecule has 0 bridgehead atoms. The Morgan fingerprint density at radius 3 is 2.67 bits per heavy atom. The van der Waals surface area contributed by atoms with Crippen LogP contribution in [0.4, 0.5) is 0 Å². The van der Waals surface area contributed by atoms with Crippen molar-refractivity contribution < 1.29 is 0 Å². The normalized spacial score (nSPS) is 11.1. The summed E-state index contributed by atoms with van der Waals surface area (Å²) in [6.45, 7) is 6.86. The molecule has 0 radical (unpaired) electrons. The first-order valence-corrected chi connectivity index (χ1v) is 6.53. The average Bonchev–Trinajstić information content (AvgIpc) is 2.77. The highest BCUT2D eigenvalue weighted by Crippen LogP contribution is 2.18. The van der Waals surface area contributed by atoms with Gasteiger partial charge in [-0.15, -0.1) is 0 Å². The van der Waals surface area contributed by atoms with Gasteiger partial charge in [-0.1, -0.05) is 36.7 Å². The first kappa shape index (κ1) is 13.1. The Kier molecular flexibility index (Phi) is 4.39. The highest BCUT2D eigenvalue weighted by Gasteiger charge is 2.10. The van der Waals surface area contributed by atoms with Crippen molar-refractivity contribution in [3.05, 3.63) is 52.6 Å². The lowest BCUT2D eigenvalue weighted by molar-refractivity contribution is 0.268. The SMILES string of the molecule is CCN(Cc1ccccc1Cl)Cc1nc[nH]c1C. The highest BCUT2D eigenvalue weighted by molar-refractivity contribution is 6.31. The van der Waals surface area contributed by atoms with E-state index in [1.165, 1.54) is 0 Å². The van der Waals surface area contributed by atoms with Gasteiger partial charge in [0, 0.05) is 23.8 Å². The van der Waals surface area contributed by atoms with Gasteiger partial charge in [0.15, 0.2) is 0 Å². The second kappa shape index (κ2) is 6.03. The molecule has 0 fully saturated rings. The molecule has 1 aromatic carbocycles. The Balaban J connectivity index is 2.06. The third kappa shape index (κ3) is 3.12. The molecule has 4 heteroatoms. The largest absolute Gasteiger partial charge is 0.348 e. The zero-order valence-corrected chi connectivity index (χ0v) is 11.5. The second-order valence-electron chi connectivity index (χ2n) is 4.37. The fourth-order valence-electron chi connectivity index (χ4n) is 1.91. The monoisotopic (exact) mass is 263 g/mol. The first-order valence-electron chi connectivity index (χ1n) is 6.15. The molecule has 3 nitrogen and oxygen atoms in total. The molecule has 1 N–H and O–H groups in total. The van der Waals surface area contributed by atoms with Gasteiger partial charge in [-0.25, -0.2) is 4.98 Å². The van der Waals surface area contributed by atoms with E-state index in [1.54, 1.807) is 6.33 Å². The van der Waals surface area contributed by atoms with Gasteiger partial charge in [0.05, 0.1) is 12.0 Å². The molecule has 18 heavy (non-hydrogen) atoms. The summed E-state index contributed by atoms with van der Waals surface area (Å²) >= 11 is 6.19. The highest BCUT2D eigenvalue weighted by atomic mass is 35.5. The van der Waals surface area contributed by atoms with Crippen LogP contribution in [0.15, 0.2) is 30.6 Å². The van der Waals surface area contributed by atoms with E-state index in [1.807, 2.05) is 25.1 Å². The maximum Gasteiger partial charge on any atom is 0.0925 e. The molecule has 1 heterocycles. The van der Waals surface area contributed by atoms with Gasteiger partial charge < -0.3 is 4.98 Å². The Hall–Kier alpha value is -1.32. The van der Waals surface area contributed by atoms with Crippen LogP contribution in [-0.2, 0) is 13.1 Å². The number of H-pyrrole nitrogens is 1. The maximum absolute atomic E-state index is 6.19. The Morgan fingerprint density at radius 1 is 1.28 bits per heavy atom. The lowest BCUT2D eigenvalue weighted by atomic mass is 10.2. The summed E-state index contributed by atoms with van der Waals surface area (Å²) in [6, 6.07) is 7.99. The molecule has 2 rings (SSSR count). The van der Waals surface area contributed by atoms with Crippen molar-refractivity contribution in [2.75, 3.05) is 6.54 Å². The molecular formula is C14H18ClN3. The molecule has 0 amide bonds. The van der Waals surface area contributed by atoms with Crippen LogP contribution in [0.2, 0.25) is 5.02 Å². The number of hydrogen-bond donors (Lipinski definition) is 1. The molecule has 0 saturated heterocycles. The number of halogens is 1. The van der Waals surface area contributed by atoms with Crippen molar-refractivity contribution in [3.63, 3.8) is 0 Å². The third-order valence-corrected chi connectivity index (χ3v) is 3.48. The molecule has 0 aliphatic carbocycles. The minimum absolute atomic E-state index is 0.828. The van der Waals surface area contributed by atoms with Gasteiger partial charge in [0.1, 0.15) is 0 Å². The second-order valence-corrected chi connectivity index (χ2v) is 4.78. The van der Waals surface area contributed by atoms with E-state index < -0.39 is 0 Å². The first-order chi connectivity index (χ1) is 8.70. The smallest absolute Gasteiger partial charge is 0.0925 e. The number of nitrogens with zero attached hydrogens (tertiary/aromatic N) is 2. The summed E-state index contributed by atoms with van der Waals surface area (Å²) in [6.07, 6.45) is 1.74. The standard InChI is InChI=1S/C14H18ClN3/c1-3-18(9-14-11(2)16-10-17-14)8-12-6-4-5-7-13(12)15/h4-7,10H,3,8-9H2,1-2H3,(H,16,17). The molecule has 2 aromatic rings. The fraction of sp³-hybridized carbons (Fsp3) is 0.357. The minimum atomic E-state index is 0.828. The Morgan fingerprint density at radius 2 is 2.06 bits per heavy atom. The molecule has 0 saturated carbocycles. The number of nitrogens with one attached hydrogen (secondary N) is 1. The molecule has 0 spiro atoms. The van der Waals surface area contributed by atoms with E-state index in [2.05, 4.69) is 27.9 Å². The Labute approximate surface area is 113 Å². The molecule has 0 atom stereocenters. The van der Waals surface area contributed by atoms with E-state index in [-0.39, 0.29) is 0 Å². The number of aromatic amines is 1. The summed E-state index contributed by atoms with van der Waals surface area (Å²) in [5.41, 5.74) is 3.39. The predicted molar refractivity (Wildman–Crippen MR) is 74.6 cm³/mol. The summed E-state index contributed by atoms with van der Waals surface area (Å²) < 4.78 is 0. The van der Waals surface area contributed by atoms with Gasteiger partial charge in [0.2, 0.25) is 0 Å². The van der Waals surface area contributed by atoms with E-state index >= 15 is 0 Å². The third-order valence-electron chi connectivity index (χ3n) is 3.11. The maximum atomic E-state index is 6.19. The van der Waals surface area contributed by atoms with Gasteiger partial charge in [-0.05, 0) is 25.1 Å². The van der Waals surface area contributed by atoms with Crippen molar-refractivity contribution in [2.45, 2.75) is 26.9 Å². The molecule has 96 valence electrons. The zero-order chi connectivity index (χ0) is 13.0. The number of aromatic nitrogens is 2. The number of rotatable bonds is 5. The minimum Gasteiger partial charge on any atom is -0.348 e. The van der Waals surface area contributed by atoms with Crippen molar-refractivity contribution >= 4 is 11.6 Å². The van der Waals surface area contributed by atoms with Crippen LogP contribution in [0, 0.1) is 6.92 Å². The van der Waals surface area contributed by atoms with E-state index in [4.69, 9.17) is 11.6 Å². The van der Waals surface area contributed by atoms with Crippen LogP contribution < -0.4 is 0 Å². The summed E-state index contributed by atoms with van der Waals surface area (Å²) in [5, 5.41) is 0.828. The zero-order valence-electron chi connectivity index (χ0n) is 10.8. The lowest BCUT2D eigenvalue weighted by Crippen LogP contribution is -2.23. The summed E-state index contributed by atoms with van der Waals surface area (Å²) in [7, 11) is 0. The Bertz CT molecular complexity index is 507. The van der Waals surface area contributed by atoms with E-state index in [0.29, 0.717) is 0 Å². The van der Waals surface area contributed by atoms with Crippen molar-refractivity contribution in [2.24, 2.45) is 0 Å². The van der Waals surface area contributed by atoms with Gasteiger partial charge in [-0.3, -0.25) is 4.90 Å². The molecule has 0 aliphatic rings. The van der Waals surface area contributed by atoms with Gasteiger partial charge in [-0.2, -0.15) is 0 Å². The van der Waals surface area contributed by atoms with Crippen LogP contribution in [-0.4, -0.2) is 21.4 Å². The molecule has 1 aromatic heterocycles. The number of benzene rings is 1. The van der Waals surface area contributed by atoms with Gasteiger partial charge in [0.25, 0.3) is 0 Å². The van der Waals surface area contributed by atoms with E-state index in [0.717, 1.165) is 41.6 Å². The molecule has 0 aliphatic heterocycles. The van der Waals surface area contributed by atoms with Crippen LogP contribution in [0.3, 0.4) is 0 Å². The number of hydrogen-bond acceptors (Lipinski definition) is 2. The fourth-order valence-corrected chi connectivity index (χ4v) is 2.10. The van der Waals surface area contributed by atoms with Crippen LogP contribution >= 0.6 is 11.6 Å². The summed E-state index contributed by atoms with van der Waals surface area (Å²) in [5.74, 6) is 0. The van der Waals surface area contributed by atoms with Crippen molar-refractivity contribution in [1.29, 1.82) is 0 Å². The van der Waals surface area contributed by atoms with Crippen molar-refractivity contribution in [1.82, 2.24) is 14.9 Å². The topological polar surface area (TPSA) is 31.9 Å². The lowest BCUT2D eigenvalue weighted by Gasteiger charge is -2.20. The summed E-state index contributed by atoms with van der Waals surface area (Å²) in [4.78, 5) is 9.77. The van der Waals surface area contributed by atoms with Crippen LogP contribution in [0.1, 0.15) is 23.9 Å². The molecular weight excluding hydrogens is 246 g/mol. The number of imidazole rings is 1. The number of aryl methyl sites for hydroxylation is 1. The van der Waals surface area contributed by atoms with Crippen LogP contribution in [0.25, 0.3) is 0 Å². The van der Waals surface area contributed by atoms with Crippen molar-refractivity contribution in [3.8, 4) is 0 Å².